The fourth-order valence-corrected chi connectivity index (χ4v) is 4.71. The summed E-state index contributed by atoms with van der Waals surface area (Å²) in [6.45, 7) is 4.47. The molecule has 0 spiro atoms. The minimum Gasteiger partial charge on any atom is -0.360 e. The second kappa shape index (κ2) is 11.1. The van der Waals surface area contributed by atoms with Crippen molar-refractivity contribution in [2.24, 2.45) is 4.99 Å². The summed E-state index contributed by atoms with van der Waals surface area (Å²) in [6.07, 6.45) is 0. The van der Waals surface area contributed by atoms with Crippen LogP contribution in [-0.2, 0) is 22.3 Å². The maximum Gasteiger partial charge on any atom is 0.215 e. The van der Waals surface area contributed by atoms with Gasteiger partial charge in [0, 0.05) is 39.8 Å². The fraction of sp³-hybridized carbons (Fsp3) is 0.421. The molecule has 29 heavy (non-hydrogen) atoms. The molecule has 160 valence electrons. The molecule has 0 unspecified atom stereocenters. The second-order valence-electron chi connectivity index (χ2n) is 6.61. The molecule has 0 atom stereocenters. The van der Waals surface area contributed by atoms with E-state index in [1.165, 1.54) is 12.0 Å². The molecule has 1 aliphatic rings. The maximum absolute atomic E-state index is 11.6. The van der Waals surface area contributed by atoms with Crippen LogP contribution in [0.1, 0.15) is 11.1 Å². The summed E-state index contributed by atoms with van der Waals surface area (Å²) in [6, 6.07) is 11.9. The standard InChI is InChI=1S/C19H27N5O2S2.HI/c1-20-19(24-11-9-23(10-12-24)18-4-3-13-27-18)22-14-16-5-7-17(8-6-16)15-28(25,26)21-2;/h3-8,13,21H,9-12,14-15H2,1-2H3,(H,20,22);1H. The normalized spacial score (nSPS) is 15.2. The van der Waals surface area contributed by atoms with Crippen LogP contribution in [0, 0.1) is 0 Å². The van der Waals surface area contributed by atoms with E-state index in [2.05, 4.69) is 42.3 Å². The molecule has 0 saturated carbocycles. The Kier molecular flexibility index (Phi) is 9.18. The summed E-state index contributed by atoms with van der Waals surface area (Å²) in [5, 5.41) is 6.85. The van der Waals surface area contributed by atoms with Gasteiger partial charge >= 0.3 is 0 Å². The Labute approximate surface area is 194 Å². The number of benzene rings is 1. The second-order valence-corrected chi connectivity index (χ2v) is 9.46. The van der Waals surface area contributed by atoms with Crippen LogP contribution in [0.25, 0.3) is 0 Å². The molecule has 1 fully saturated rings. The summed E-state index contributed by atoms with van der Waals surface area (Å²) < 4.78 is 25.6. The number of anilines is 1. The molecule has 10 heteroatoms. The van der Waals surface area contributed by atoms with E-state index < -0.39 is 10.0 Å². The van der Waals surface area contributed by atoms with Crippen molar-refractivity contribution in [1.29, 1.82) is 0 Å². The van der Waals surface area contributed by atoms with Gasteiger partial charge in [0.05, 0.1) is 10.8 Å². The number of thiophene rings is 1. The molecule has 1 aromatic heterocycles. The van der Waals surface area contributed by atoms with Gasteiger partial charge in [-0.15, -0.1) is 35.3 Å². The molecule has 0 radical (unpaired) electrons. The number of piperazine rings is 1. The largest absolute Gasteiger partial charge is 0.360 e. The first-order valence-corrected chi connectivity index (χ1v) is 11.8. The lowest BCUT2D eigenvalue weighted by Crippen LogP contribution is -2.52. The van der Waals surface area contributed by atoms with Gasteiger partial charge in [0.2, 0.25) is 10.0 Å². The highest BCUT2D eigenvalue weighted by molar-refractivity contribution is 14.0. The minimum atomic E-state index is -3.25. The van der Waals surface area contributed by atoms with Gasteiger partial charge in [0.1, 0.15) is 0 Å². The molecule has 2 heterocycles. The molecule has 7 nitrogen and oxygen atoms in total. The summed E-state index contributed by atoms with van der Waals surface area (Å²) >= 11 is 1.78. The number of halogens is 1. The van der Waals surface area contributed by atoms with E-state index in [0.29, 0.717) is 6.54 Å². The van der Waals surface area contributed by atoms with Crippen molar-refractivity contribution in [3.8, 4) is 0 Å². The van der Waals surface area contributed by atoms with E-state index >= 15 is 0 Å². The Morgan fingerprint density at radius 2 is 1.76 bits per heavy atom. The first-order chi connectivity index (χ1) is 13.5. The number of hydrogen-bond donors (Lipinski definition) is 2. The third kappa shape index (κ3) is 6.83. The van der Waals surface area contributed by atoms with Crippen LogP contribution >= 0.6 is 35.3 Å². The first kappa shape index (κ1) is 23.9. The van der Waals surface area contributed by atoms with Crippen LogP contribution < -0.4 is 14.9 Å². The van der Waals surface area contributed by atoms with Gasteiger partial charge < -0.3 is 15.1 Å². The van der Waals surface area contributed by atoms with Gasteiger partial charge in [-0.2, -0.15) is 0 Å². The Hall–Kier alpha value is -1.37. The van der Waals surface area contributed by atoms with Crippen molar-refractivity contribution in [1.82, 2.24) is 14.9 Å². The lowest BCUT2D eigenvalue weighted by Gasteiger charge is -2.37. The van der Waals surface area contributed by atoms with Crippen molar-refractivity contribution in [3.63, 3.8) is 0 Å². The van der Waals surface area contributed by atoms with Crippen LogP contribution in [0.15, 0.2) is 46.8 Å². The van der Waals surface area contributed by atoms with E-state index in [-0.39, 0.29) is 29.7 Å². The first-order valence-electron chi connectivity index (χ1n) is 9.24. The van der Waals surface area contributed by atoms with Gasteiger partial charge in [-0.1, -0.05) is 24.3 Å². The molecule has 0 aliphatic carbocycles. The summed E-state index contributed by atoms with van der Waals surface area (Å²) in [7, 11) is -0.00986. The van der Waals surface area contributed by atoms with Gasteiger partial charge in [0.15, 0.2) is 5.96 Å². The van der Waals surface area contributed by atoms with Gasteiger partial charge in [-0.3, -0.25) is 4.99 Å². The Balaban J connectivity index is 0.00000300. The number of sulfonamides is 1. The molecule has 3 rings (SSSR count). The Morgan fingerprint density at radius 1 is 1.10 bits per heavy atom. The number of nitrogens with zero attached hydrogens (tertiary/aromatic N) is 3. The van der Waals surface area contributed by atoms with Crippen LogP contribution in [0.3, 0.4) is 0 Å². The average Bonchev–Trinajstić information content (AvgIpc) is 3.25. The van der Waals surface area contributed by atoms with E-state index in [4.69, 9.17) is 0 Å². The zero-order valence-corrected chi connectivity index (χ0v) is 20.6. The summed E-state index contributed by atoms with van der Waals surface area (Å²) in [4.78, 5) is 9.10. The van der Waals surface area contributed by atoms with Gasteiger partial charge in [-0.25, -0.2) is 13.1 Å². The quantitative estimate of drug-likeness (QED) is 0.329. The Morgan fingerprint density at radius 3 is 2.31 bits per heavy atom. The van der Waals surface area contributed by atoms with Gasteiger partial charge in [-0.05, 0) is 35.7 Å². The van der Waals surface area contributed by atoms with Crippen molar-refractivity contribution in [3.05, 3.63) is 52.9 Å². The number of nitrogens with one attached hydrogen (secondary N) is 2. The van der Waals surface area contributed by atoms with Crippen molar-refractivity contribution >= 4 is 56.3 Å². The number of hydrogen-bond acceptors (Lipinski definition) is 5. The van der Waals surface area contributed by atoms with Crippen LogP contribution in [-0.4, -0.2) is 59.6 Å². The lowest BCUT2D eigenvalue weighted by molar-refractivity contribution is 0.373. The molecule has 1 aliphatic heterocycles. The predicted octanol–water partition coefficient (Wildman–Crippen LogP) is 2.31. The highest BCUT2D eigenvalue weighted by Crippen LogP contribution is 2.22. The van der Waals surface area contributed by atoms with E-state index in [0.717, 1.165) is 43.3 Å². The van der Waals surface area contributed by atoms with E-state index in [1.807, 2.05) is 24.3 Å². The SMILES string of the molecule is CN=C(NCc1ccc(CS(=O)(=O)NC)cc1)N1CCN(c2cccs2)CC1.I. The fourth-order valence-electron chi connectivity index (χ4n) is 3.15. The van der Waals surface area contributed by atoms with Crippen molar-refractivity contribution in [2.75, 3.05) is 45.2 Å². The van der Waals surface area contributed by atoms with E-state index in [9.17, 15) is 8.42 Å². The molecule has 0 amide bonds. The van der Waals surface area contributed by atoms with Crippen molar-refractivity contribution in [2.45, 2.75) is 12.3 Å². The van der Waals surface area contributed by atoms with Crippen LogP contribution in [0.4, 0.5) is 5.00 Å². The van der Waals surface area contributed by atoms with Gasteiger partial charge in [0.25, 0.3) is 0 Å². The average molecular weight is 550 g/mol. The van der Waals surface area contributed by atoms with Crippen molar-refractivity contribution < 1.29 is 8.42 Å². The molecule has 1 aromatic carbocycles. The summed E-state index contributed by atoms with van der Waals surface area (Å²) in [5.41, 5.74) is 1.86. The molecule has 0 bridgehead atoms. The van der Waals surface area contributed by atoms with E-state index in [1.54, 1.807) is 18.4 Å². The minimum absolute atomic E-state index is 0. The molecule has 2 aromatic rings. The zero-order valence-electron chi connectivity index (χ0n) is 16.7. The Bertz CT molecular complexity index is 878. The van der Waals surface area contributed by atoms with Crippen LogP contribution in [0.2, 0.25) is 0 Å². The smallest absolute Gasteiger partial charge is 0.215 e. The third-order valence-electron chi connectivity index (χ3n) is 4.75. The van der Waals surface area contributed by atoms with Crippen LogP contribution in [0.5, 0.6) is 0 Å². The molecular formula is C19H28IN5O2S2. The molecular weight excluding hydrogens is 521 g/mol. The molecule has 2 N–H and O–H groups in total. The topological polar surface area (TPSA) is 77.0 Å². The highest BCUT2D eigenvalue weighted by Gasteiger charge is 2.20. The number of rotatable bonds is 6. The monoisotopic (exact) mass is 549 g/mol. The maximum atomic E-state index is 11.6. The zero-order chi connectivity index (χ0) is 20.0. The lowest BCUT2D eigenvalue weighted by atomic mass is 10.1. The highest BCUT2D eigenvalue weighted by atomic mass is 127. The number of aliphatic imine (C=N–C) groups is 1. The number of guanidine groups is 1. The predicted molar refractivity (Wildman–Crippen MR) is 132 cm³/mol. The molecule has 1 saturated heterocycles. The third-order valence-corrected chi connectivity index (χ3v) is 7.01. The summed E-state index contributed by atoms with van der Waals surface area (Å²) in [5.74, 6) is 0.889.